The standard InChI is InChI=1S/C19H21IN2/c1-13-5-10-18-17(12-13)16(4-2-3-11-21)19(22-18)14-6-8-15(20)9-7-14/h5-10,12,22H,2-4,11,21H2,1H3. The highest BCUT2D eigenvalue weighted by molar-refractivity contribution is 14.1. The van der Waals surface area contributed by atoms with Crippen molar-refractivity contribution in [1.29, 1.82) is 0 Å². The molecule has 0 aliphatic rings. The summed E-state index contributed by atoms with van der Waals surface area (Å²) in [7, 11) is 0. The van der Waals surface area contributed by atoms with Crippen LogP contribution in [0.2, 0.25) is 0 Å². The Morgan fingerprint density at radius 1 is 1.05 bits per heavy atom. The average Bonchev–Trinajstić information content (AvgIpc) is 2.86. The lowest BCUT2D eigenvalue weighted by Crippen LogP contribution is -1.99. The van der Waals surface area contributed by atoms with Crippen LogP contribution in [0.3, 0.4) is 0 Å². The lowest BCUT2D eigenvalue weighted by Gasteiger charge is -2.06. The van der Waals surface area contributed by atoms with Gasteiger partial charge in [-0.15, -0.1) is 0 Å². The SMILES string of the molecule is Cc1ccc2[nH]c(-c3ccc(I)cc3)c(CCCCN)c2c1. The van der Waals surface area contributed by atoms with Gasteiger partial charge in [-0.2, -0.15) is 0 Å². The number of aryl methyl sites for hydroxylation is 2. The summed E-state index contributed by atoms with van der Waals surface area (Å²) in [6.07, 6.45) is 3.28. The van der Waals surface area contributed by atoms with Crippen LogP contribution in [0.25, 0.3) is 22.2 Å². The largest absolute Gasteiger partial charge is 0.354 e. The lowest BCUT2D eigenvalue weighted by molar-refractivity contribution is 0.748. The molecule has 0 saturated carbocycles. The first-order chi connectivity index (χ1) is 10.7. The number of aromatic amines is 1. The van der Waals surface area contributed by atoms with Crippen molar-refractivity contribution in [3.63, 3.8) is 0 Å². The minimum absolute atomic E-state index is 0.764. The van der Waals surface area contributed by atoms with E-state index in [-0.39, 0.29) is 0 Å². The molecule has 0 aliphatic heterocycles. The highest BCUT2D eigenvalue weighted by Gasteiger charge is 2.13. The van der Waals surface area contributed by atoms with Crippen molar-refractivity contribution >= 4 is 33.5 Å². The number of nitrogens with one attached hydrogen (secondary N) is 1. The Morgan fingerprint density at radius 2 is 1.82 bits per heavy atom. The third-order valence-corrected chi connectivity index (χ3v) is 4.79. The van der Waals surface area contributed by atoms with Crippen molar-refractivity contribution in [3.8, 4) is 11.3 Å². The molecule has 3 aromatic rings. The summed E-state index contributed by atoms with van der Waals surface area (Å²) in [6, 6.07) is 15.4. The topological polar surface area (TPSA) is 41.8 Å². The second-order valence-corrected chi connectivity index (χ2v) is 7.03. The number of benzene rings is 2. The summed E-state index contributed by atoms with van der Waals surface area (Å²) >= 11 is 2.35. The summed E-state index contributed by atoms with van der Waals surface area (Å²) in [6.45, 7) is 2.92. The molecular weight excluding hydrogens is 383 g/mol. The van der Waals surface area contributed by atoms with Crippen LogP contribution in [0.15, 0.2) is 42.5 Å². The zero-order chi connectivity index (χ0) is 15.5. The van der Waals surface area contributed by atoms with E-state index in [0.717, 1.165) is 25.8 Å². The number of rotatable bonds is 5. The number of hydrogen-bond donors (Lipinski definition) is 2. The molecule has 1 aromatic heterocycles. The lowest BCUT2D eigenvalue weighted by atomic mass is 9.99. The van der Waals surface area contributed by atoms with Crippen LogP contribution in [-0.4, -0.2) is 11.5 Å². The van der Waals surface area contributed by atoms with Gasteiger partial charge < -0.3 is 10.7 Å². The van der Waals surface area contributed by atoms with E-state index in [2.05, 4.69) is 77.0 Å². The Hall–Kier alpha value is -1.33. The molecule has 3 rings (SSSR count). The molecule has 2 nitrogen and oxygen atoms in total. The maximum absolute atomic E-state index is 5.66. The van der Waals surface area contributed by atoms with Crippen molar-refractivity contribution in [2.75, 3.05) is 6.54 Å². The summed E-state index contributed by atoms with van der Waals surface area (Å²) < 4.78 is 1.26. The van der Waals surface area contributed by atoms with E-state index in [1.54, 1.807) is 0 Å². The molecular formula is C19H21IN2. The Kier molecular flexibility index (Phi) is 4.84. The zero-order valence-electron chi connectivity index (χ0n) is 12.8. The van der Waals surface area contributed by atoms with Crippen molar-refractivity contribution in [2.24, 2.45) is 5.73 Å². The van der Waals surface area contributed by atoms with Gasteiger partial charge in [-0.1, -0.05) is 23.8 Å². The quantitative estimate of drug-likeness (QED) is 0.455. The number of halogens is 1. The molecule has 114 valence electrons. The van der Waals surface area contributed by atoms with Gasteiger partial charge in [0.05, 0.1) is 0 Å². The van der Waals surface area contributed by atoms with Gasteiger partial charge in [-0.05, 0) is 90.7 Å². The molecule has 0 radical (unpaired) electrons. The number of unbranched alkanes of at least 4 members (excludes halogenated alkanes) is 1. The van der Waals surface area contributed by atoms with E-state index >= 15 is 0 Å². The van der Waals surface area contributed by atoms with E-state index in [4.69, 9.17) is 5.73 Å². The number of nitrogens with two attached hydrogens (primary N) is 1. The Labute approximate surface area is 145 Å². The third kappa shape index (κ3) is 3.20. The first kappa shape index (κ1) is 15.6. The van der Waals surface area contributed by atoms with E-state index in [1.165, 1.54) is 36.9 Å². The molecule has 1 heterocycles. The second kappa shape index (κ2) is 6.84. The van der Waals surface area contributed by atoms with Crippen molar-refractivity contribution in [3.05, 3.63) is 57.2 Å². The fraction of sp³-hybridized carbons (Fsp3) is 0.263. The number of aromatic nitrogens is 1. The number of H-pyrrole nitrogens is 1. The van der Waals surface area contributed by atoms with E-state index < -0.39 is 0 Å². The number of hydrogen-bond acceptors (Lipinski definition) is 1. The second-order valence-electron chi connectivity index (χ2n) is 5.78. The average molecular weight is 404 g/mol. The molecule has 0 amide bonds. The van der Waals surface area contributed by atoms with Gasteiger partial charge in [0.25, 0.3) is 0 Å². The molecule has 2 aromatic carbocycles. The maximum atomic E-state index is 5.66. The molecule has 0 bridgehead atoms. The Morgan fingerprint density at radius 3 is 2.55 bits per heavy atom. The molecule has 22 heavy (non-hydrogen) atoms. The van der Waals surface area contributed by atoms with Crippen molar-refractivity contribution in [1.82, 2.24) is 4.98 Å². The molecule has 0 fully saturated rings. The minimum Gasteiger partial charge on any atom is -0.354 e. The third-order valence-electron chi connectivity index (χ3n) is 4.08. The first-order valence-electron chi connectivity index (χ1n) is 7.76. The van der Waals surface area contributed by atoms with Crippen LogP contribution in [0.4, 0.5) is 0 Å². The molecule has 0 atom stereocenters. The van der Waals surface area contributed by atoms with E-state index in [1.807, 2.05) is 0 Å². The van der Waals surface area contributed by atoms with Crippen LogP contribution < -0.4 is 5.73 Å². The van der Waals surface area contributed by atoms with E-state index in [9.17, 15) is 0 Å². The minimum atomic E-state index is 0.764. The summed E-state index contributed by atoms with van der Waals surface area (Å²) in [5.41, 5.74) is 12.1. The molecule has 0 spiro atoms. The summed E-state index contributed by atoms with van der Waals surface area (Å²) in [5, 5.41) is 1.35. The molecule has 0 unspecified atom stereocenters. The van der Waals surface area contributed by atoms with E-state index in [0.29, 0.717) is 0 Å². The maximum Gasteiger partial charge on any atom is 0.0497 e. The van der Waals surface area contributed by atoms with Crippen LogP contribution >= 0.6 is 22.6 Å². The first-order valence-corrected chi connectivity index (χ1v) is 8.84. The van der Waals surface area contributed by atoms with Gasteiger partial charge in [-0.3, -0.25) is 0 Å². The fourth-order valence-electron chi connectivity index (χ4n) is 2.93. The number of fused-ring (bicyclic) bond motifs is 1. The van der Waals surface area contributed by atoms with Crippen LogP contribution in [-0.2, 0) is 6.42 Å². The molecule has 0 saturated heterocycles. The summed E-state index contributed by atoms with van der Waals surface area (Å²) in [4.78, 5) is 3.62. The van der Waals surface area contributed by atoms with Crippen LogP contribution in [0.5, 0.6) is 0 Å². The summed E-state index contributed by atoms with van der Waals surface area (Å²) in [5.74, 6) is 0. The predicted molar refractivity (Wildman–Crippen MR) is 103 cm³/mol. The highest BCUT2D eigenvalue weighted by atomic mass is 127. The molecule has 3 N–H and O–H groups in total. The van der Waals surface area contributed by atoms with Gasteiger partial charge >= 0.3 is 0 Å². The van der Waals surface area contributed by atoms with Crippen molar-refractivity contribution < 1.29 is 0 Å². The normalized spacial score (nSPS) is 11.2. The van der Waals surface area contributed by atoms with Gasteiger partial charge in [0.15, 0.2) is 0 Å². The Bertz CT molecular complexity index is 772. The predicted octanol–water partition coefficient (Wildman–Crippen LogP) is 5.03. The van der Waals surface area contributed by atoms with Gasteiger partial charge in [0.2, 0.25) is 0 Å². The highest BCUT2D eigenvalue weighted by Crippen LogP contribution is 2.32. The Balaban J connectivity index is 2.10. The van der Waals surface area contributed by atoms with Crippen LogP contribution in [0.1, 0.15) is 24.0 Å². The van der Waals surface area contributed by atoms with Crippen molar-refractivity contribution in [2.45, 2.75) is 26.2 Å². The molecule has 0 aliphatic carbocycles. The monoisotopic (exact) mass is 404 g/mol. The van der Waals surface area contributed by atoms with Gasteiger partial charge in [0.1, 0.15) is 0 Å². The van der Waals surface area contributed by atoms with Gasteiger partial charge in [0, 0.05) is 20.2 Å². The van der Waals surface area contributed by atoms with Crippen LogP contribution in [0, 0.1) is 10.5 Å². The fourth-order valence-corrected chi connectivity index (χ4v) is 3.29. The smallest absolute Gasteiger partial charge is 0.0497 e. The van der Waals surface area contributed by atoms with Gasteiger partial charge in [-0.25, -0.2) is 0 Å². The molecule has 3 heteroatoms. The zero-order valence-corrected chi connectivity index (χ0v) is 15.0.